The van der Waals surface area contributed by atoms with Crippen molar-refractivity contribution in [3.8, 4) is 0 Å². The summed E-state index contributed by atoms with van der Waals surface area (Å²) in [4.78, 5) is 4.02. The second kappa shape index (κ2) is 4.68. The molecule has 0 spiro atoms. The Morgan fingerprint density at radius 3 is 2.53 bits per heavy atom. The van der Waals surface area contributed by atoms with Crippen LogP contribution in [0.5, 0.6) is 0 Å². The Morgan fingerprint density at radius 1 is 1.00 bits per heavy atom. The highest BCUT2D eigenvalue weighted by atomic mass is 16.6. The Labute approximate surface area is 101 Å². The van der Waals surface area contributed by atoms with E-state index in [-0.39, 0.29) is 0 Å². The molecule has 2 heterocycles. The van der Waals surface area contributed by atoms with E-state index in [1.165, 1.54) is 11.1 Å². The number of aromatic nitrogens is 1. The lowest BCUT2D eigenvalue weighted by Gasteiger charge is -1.98. The SMILES string of the molecule is c1ccc([C@H]2O[C@H]2CCc2ccncc2)cc1. The van der Waals surface area contributed by atoms with Crippen LogP contribution in [-0.4, -0.2) is 11.1 Å². The first-order valence-corrected chi connectivity index (χ1v) is 6.03. The van der Waals surface area contributed by atoms with Gasteiger partial charge in [0.05, 0.1) is 6.10 Å². The normalized spacial score (nSPS) is 22.4. The van der Waals surface area contributed by atoms with E-state index in [0.717, 1.165) is 12.8 Å². The van der Waals surface area contributed by atoms with E-state index >= 15 is 0 Å². The zero-order valence-corrected chi connectivity index (χ0v) is 9.62. The molecule has 3 rings (SSSR count). The number of aryl methyl sites for hydroxylation is 1. The number of epoxide rings is 1. The van der Waals surface area contributed by atoms with Crippen LogP contribution in [-0.2, 0) is 11.2 Å². The third-order valence-corrected chi connectivity index (χ3v) is 3.18. The van der Waals surface area contributed by atoms with Crippen LogP contribution < -0.4 is 0 Å². The summed E-state index contributed by atoms with van der Waals surface area (Å²) in [5, 5.41) is 0. The predicted molar refractivity (Wildman–Crippen MR) is 66.6 cm³/mol. The third kappa shape index (κ3) is 2.53. The van der Waals surface area contributed by atoms with E-state index in [1.807, 2.05) is 18.5 Å². The van der Waals surface area contributed by atoms with Crippen molar-refractivity contribution in [2.45, 2.75) is 25.0 Å². The number of hydrogen-bond donors (Lipinski definition) is 0. The highest BCUT2D eigenvalue weighted by Gasteiger charge is 2.39. The second-order valence-corrected chi connectivity index (χ2v) is 4.40. The van der Waals surface area contributed by atoms with Gasteiger partial charge in [-0.25, -0.2) is 0 Å². The van der Waals surface area contributed by atoms with Gasteiger partial charge in [0, 0.05) is 12.4 Å². The van der Waals surface area contributed by atoms with Gasteiger partial charge in [0.1, 0.15) is 6.10 Å². The quantitative estimate of drug-likeness (QED) is 0.747. The molecule has 1 aromatic heterocycles. The Bertz CT molecular complexity index is 469. The summed E-state index contributed by atoms with van der Waals surface area (Å²) in [7, 11) is 0. The highest BCUT2D eigenvalue weighted by molar-refractivity contribution is 5.22. The molecule has 2 aromatic rings. The fourth-order valence-electron chi connectivity index (χ4n) is 2.16. The molecule has 2 nitrogen and oxygen atoms in total. The van der Waals surface area contributed by atoms with Crippen molar-refractivity contribution < 1.29 is 4.74 Å². The van der Waals surface area contributed by atoms with Crippen LogP contribution in [0.4, 0.5) is 0 Å². The molecule has 17 heavy (non-hydrogen) atoms. The first-order chi connectivity index (χ1) is 8.43. The summed E-state index contributed by atoms with van der Waals surface area (Å²) in [6.45, 7) is 0. The topological polar surface area (TPSA) is 25.4 Å². The van der Waals surface area contributed by atoms with Crippen molar-refractivity contribution in [1.82, 2.24) is 4.98 Å². The largest absolute Gasteiger partial charge is 0.364 e. The molecular formula is C15H15NO. The highest BCUT2D eigenvalue weighted by Crippen LogP contribution is 2.41. The Hall–Kier alpha value is -1.67. The lowest BCUT2D eigenvalue weighted by atomic mass is 10.0. The molecule has 1 aliphatic rings. The Morgan fingerprint density at radius 2 is 1.76 bits per heavy atom. The summed E-state index contributed by atoms with van der Waals surface area (Å²) < 4.78 is 5.71. The van der Waals surface area contributed by atoms with Gasteiger partial charge in [-0.05, 0) is 36.1 Å². The van der Waals surface area contributed by atoms with Crippen LogP contribution in [0.1, 0.15) is 23.7 Å². The minimum atomic E-state index is 0.318. The van der Waals surface area contributed by atoms with Gasteiger partial charge in [-0.2, -0.15) is 0 Å². The van der Waals surface area contributed by atoms with Gasteiger partial charge in [-0.1, -0.05) is 30.3 Å². The maximum absolute atomic E-state index is 5.71. The first kappa shape index (κ1) is 10.5. The summed E-state index contributed by atoms with van der Waals surface area (Å²) in [5.74, 6) is 0. The monoisotopic (exact) mass is 225 g/mol. The maximum atomic E-state index is 5.71. The van der Waals surface area contributed by atoms with Crippen LogP contribution in [0.15, 0.2) is 54.9 Å². The summed E-state index contributed by atoms with van der Waals surface area (Å²) in [5.41, 5.74) is 2.63. The molecule has 2 heteroatoms. The lowest BCUT2D eigenvalue weighted by molar-refractivity contribution is 0.366. The van der Waals surface area contributed by atoms with Crippen LogP contribution >= 0.6 is 0 Å². The molecule has 86 valence electrons. The minimum Gasteiger partial charge on any atom is -0.364 e. The molecule has 0 bridgehead atoms. The van der Waals surface area contributed by atoms with Crippen molar-refractivity contribution in [3.05, 3.63) is 66.0 Å². The molecule has 0 unspecified atom stereocenters. The second-order valence-electron chi connectivity index (χ2n) is 4.40. The molecule has 2 atom stereocenters. The molecule has 0 radical (unpaired) electrons. The summed E-state index contributed by atoms with van der Waals surface area (Å²) >= 11 is 0. The van der Waals surface area contributed by atoms with Gasteiger partial charge in [0.15, 0.2) is 0 Å². The van der Waals surface area contributed by atoms with E-state index < -0.39 is 0 Å². The smallest absolute Gasteiger partial charge is 0.109 e. The van der Waals surface area contributed by atoms with Gasteiger partial charge in [0.2, 0.25) is 0 Å². The molecule has 0 amide bonds. The Kier molecular flexibility index (Phi) is 2.88. The summed E-state index contributed by atoms with van der Waals surface area (Å²) in [6.07, 6.45) is 6.55. The predicted octanol–water partition coefficient (Wildman–Crippen LogP) is 3.15. The molecule has 1 fully saturated rings. The maximum Gasteiger partial charge on any atom is 0.109 e. The average Bonchev–Trinajstić information content (AvgIpc) is 3.18. The van der Waals surface area contributed by atoms with Crippen molar-refractivity contribution in [3.63, 3.8) is 0 Å². The lowest BCUT2D eigenvalue weighted by Crippen LogP contribution is -1.93. The van der Waals surface area contributed by atoms with Crippen molar-refractivity contribution in [2.24, 2.45) is 0 Å². The number of benzene rings is 1. The minimum absolute atomic E-state index is 0.318. The zero-order chi connectivity index (χ0) is 11.5. The van der Waals surface area contributed by atoms with Crippen LogP contribution in [0.25, 0.3) is 0 Å². The molecule has 0 aliphatic carbocycles. The number of hydrogen-bond acceptors (Lipinski definition) is 2. The van der Waals surface area contributed by atoms with Gasteiger partial charge < -0.3 is 4.74 Å². The third-order valence-electron chi connectivity index (χ3n) is 3.18. The van der Waals surface area contributed by atoms with Gasteiger partial charge in [-0.3, -0.25) is 4.98 Å². The molecular weight excluding hydrogens is 210 g/mol. The van der Waals surface area contributed by atoms with Crippen LogP contribution in [0.3, 0.4) is 0 Å². The molecule has 1 aromatic carbocycles. The van der Waals surface area contributed by atoms with Crippen molar-refractivity contribution >= 4 is 0 Å². The number of ether oxygens (including phenoxy) is 1. The van der Waals surface area contributed by atoms with E-state index in [2.05, 4.69) is 41.4 Å². The van der Waals surface area contributed by atoms with Crippen LogP contribution in [0.2, 0.25) is 0 Å². The molecule has 0 N–H and O–H groups in total. The standard InChI is InChI=1S/C15H15NO/c1-2-4-13(5-3-1)15-14(17-15)7-6-12-8-10-16-11-9-12/h1-5,8-11,14-15H,6-7H2/t14-,15+/m0/s1. The fraction of sp³-hybridized carbons (Fsp3) is 0.267. The molecule has 1 saturated heterocycles. The van der Waals surface area contributed by atoms with Crippen molar-refractivity contribution in [1.29, 1.82) is 0 Å². The van der Waals surface area contributed by atoms with E-state index in [4.69, 9.17) is 4.74 Å². The van der Waals surface area contributed by atoms with Gasteiger partial charge in [-0.15, -0.1) is 0 Å². The zero-order valence-electron chi connectivity index (χ0n) is 9.62. The number of nitrogens with zero attached hydrogens (tertiary/aromatic N) is 1. The number of rotatable bonds is 4. The fourth-order valence-corrected chi connectivity index (χ4v) is 2.16. The Balaban J connectivity index is 1.53. The van der Waals surface area contributed by atoms with Gasteiger partial charge >= 0.3 is 0 Å². The van der Waals surface area contributed by atoms with Crippen LogP contribution in [0, 0.1) is 0 Å². The average molecular weight is 225 g/mol. The van der Waals surface area contributed by atoms with E-state index in [9.17, 15) is 0 Å². The molecule has 1 aliphatic heterocycles. The van der Waals surface area contributed by atoms with Crippen molar-refractivity contribution in [2.75, 3.05) is 0 Å². The first-order valence-electron chi connectivity index (χ1n) is 6.03. The number of pyridine rings is 1. The molecule has 0 saturated carbocycles. The summed E-state index contributed by atoms with van der Waals surface area (Å²) in [6, 6.07) is 14.6. The van der Waals surface area contributed by atoms with E-state index in [1.54, 1.807) is 0 Å². The van der Waals surface area contributed by atoms with Gasteiger partial charge in [0.25, 0.3) is 0 Å². The van der Waals surface area contributed by atoms with E-state index in [0.29, 0.717) is 12.2 Å².